The molecule has 1 atom stereocenters. The van der Waals surface area contributed by atoms with Crippen molar-refractivity contribution >= 4 is 57.1 Å². The van der Waals surface area contributed by atoms with E-state index in [1.165, 1.54) is 11.8 Å². The van der Waals surface area contributed by atoms with Gasteiger partial charge in [-0.2, -0.15) is 23.5 Å². The molecule has 1 aliphatic heterocycles. The maximum Gasteiger partial charge on any atom is 0.336 e. The highest BCUT2D eigenvalue weighted by molar-refractivity contribution is 9.10. The van der Waals surface area contributed by atoms with Gasteiger partial charge in [0.25, 0.3) is 0 Å². The topological polar surface area (TPSA) is 78.4 Å². The second-order valence-electron chi connectivity index (χ2n) is 4.40. The summed E-state index contributed by atoms with van der Waals surface area (Å²) in [6.07, 6.45) is 0. The molecule has 114 valence electrons. The van der Waals surface area contributed by atoms with Gasteiger partial charge in [-0.3, -0.25) is 0 Å². The van der Waals surface area contributed by atoms with Gasteiger partial charge < -0.3 is 15.7 Å². The van der Waals surface area contributed by atoms with E-state index in [-0.39, 0.29) is 11.6 Å². The van der Waals surface area contributed by atoms with Crippen molar-refractivity contribution < 1.29 is 14.7 Å². The molecule has 3 N–H and O–H groups in total. The molecule has 0 saturated carbocycles. The number of thioether (sulfide) groups is 2. The van der Waals surface area contributed by atoms with Crippen LogP contribution in [-0.4, -0.2) is 46.2 Å². The number of carboxylic acid groups (broad SMARTS) is 1. The average Bonchev–Trinajstić information content (AvgIpc) is 2.48. The smallest absolute Gasteiger partial charge is 0.336 e. The number of carbonyl (C=O) groups is 2. The third-order valence-corrected chi connectivity index (χ3v) is 6.37. The molecule has 1 unspecified atom stereocenters. The molecule has 0 radical (unpaired) electrons. The summed E-state index contributed by atoms with van der Waals surface area (Å²) in [4.78, 5) is 22.9. The van der Waals surface area contributed by atoms with E-state index in [4.69, 9.17) is 5.11 Å². The largest absolute Gasteiger partial charge is 0.478 e. The summed E-state index contributed by atoms with van der Waals surface area (Å²) in [5, 5.41) is 14.9. The van der Waals surface area contributed by atoms with Crippen LogP contribution in [0.15, 0.2) is 22.7 Å². The lowest BCUT2D eigenvalue weighted by Crippen LogP contribution is -2.36. The molecule has 2 amide bonds. The lowest BCUT2D eigenvalue weighted by molar-refractivity contribution is 0.0696. The van der Waals surface area contributed by atoms with Crippen LogP contribution in [0.5, 0.6) is 0 Å². The van der Waals surface area contributed by atoms with Crippen molar-refractivity contribution in [2.75, 3.05) is 29.1 Å². The van der Waals surface area contributed by atoms with Gasteiger partial charge in [-0.15, -0.1) is 0 Å². The van der Waals surface area contributed by atoms with E-state index in [0.717, 1.165) is 11.5 Å². The van der Waals surface area contributed by atoms with E-state index >= 15 is 0 Å². The molecule has 1 aromatic rings. The van der Waals surface area contributed by atoms with Crippen molar-refractivity contribution in [2.24, 2.45) is 0 Å². The first-order chi connectivity index (χ1) is 10.1. The fraction of sp³-hybridized carbons (Fsp3) is 0.385. The Hall–Kier alpha value is -0.860. The Morgan fingerprint density at radius 1 is 1.38 bits per heavy atom. The van der Waals surface area contributed by atoms with Crippen molar-refractivity contribution in [1.82, 2.24) is 5.32 Å². The number of nitrogens with one attached hydrogen (secondary N) is 2. The number of halogens is 1. The number of aromatic carboxylic acids is 1. The van der Waals surface area contributed by atoms with E-state index < -0.39 is 5.97 Å². The molecule has 0 bridgehead atoms. The minimum atomic E-state index is -1.04. The number of carboxylic acids is 1. The lowest BCUT2D eigenvalue weighted by atomic mass is 10.2. The van der Waals surface area contributed by atoms with Gasteiger partial charge in [0.15, 0.2) is 0 Å². The summed E-state index contributed by atoms with van der Waals surface area (Å²) in [6.45, 7) is 0.617. The van der Waals surface area contributed by atoms with Crippen molar-refractivity contribution in [3.05, 3.63) is 28.2 Å². The first kappa shape index (κ1) is 16.5. The predicted octanol–water partition coefficient (Wildman–Crippen LogP) is 3.12. The first-order valence-electron chi connectivity index (χ1n) is 6.33. The van der Waals surface area contributed by atoms with Crippen LogP contribution in [0.2, 0.25) is 0 Å². The number of carbonyl (C=O) groups excluding carboxylic acids is 1. The highest BCUT2D eigenvalue weighted by Crippen LogP contribution is 2.23. The highest BCUT2D eigenvalue weighted by atomic mass is 79.9. The fourth-order valence-corrected chi connectivity index (χ4v) is 4.83. The number of benzene rings is 1. The molecule has 5 nitrogen and oxygen atoms in total. The summed E-state index contributed by atoms with van der Waals surface area (Å²) in [5.41, 5.74) is 0.575. The van der Waals surface area contributed by atoms with Gasteiger partial charge >= 0.3 is 12.0 Å². The van der Waals surface area contributed by atoms with Crippen LogP contribution in [0.1, 0.15) is 10.4 Å². The number of rotatable bonds is 4. The zero-order valence-corrected chi connectivity index (χ0v) is 14.3. The molecular formula is C13H15BrN2O3S2. The number of amides is 2. The van der Waals surface area contributed by atoms with Crippen LogP contribution in [-0.2, 0) is 0 Å². The summed E-state index contributed by atoms with van der Waals surface area (Å²) >= 11 is 6.94. The van der Waals surface area contributed by atoms with Crippen LogP contribution < -0.4 is 10.6 Å². The zero-order chi connectivity index (χ0) is 15.2. The molecular weight excluding hydrogens is 376 g/mol. The first-order valence-corrected chi connectivity index (χ1v) is 9.33. The van der Waals surface area contributed by atoms with Gasteiger partial charge in [-0.1, -0.05) is 0 Å². The Kier molecular flexibility index (Phi) is 6.25. The molecule has 1 saturated heterocycles. The molecule has 0 aromatic heterocycles. The molecule has 8 heteroatoms. The Morgan fingerprint density at radius 2 is 2.19 bits per heavy atom. The van der Waals surface area contributed by atoms with E-state index in [2.05, 4.69) is 26.6 Å². The fourth-order valence-electron chi connectivity index (χ4n) is 1.80. The lowest BCUT2D eigenvalue weighted by Gasteiger charge is -2.21. The summed E-state index contributed by atoms with van der Waals surface area (Å²) in [6, 6.07) is 4.37. The molecule has 1 aliphatic rings. The van der Waals surface area contributed by atoms with Crippen LogP contribution in [0, 0.1) is 0 Å². The van der Waals surface area contributed by atoms with Crippen LogP contribution in [0.4, 0.5) is 10.5 Å². The second-order valence-corrected chi connectivity index (χ2v) is 7.81. The summed E-state index contributed by atoms with van der Waals surface area (Å²) in [5.74, 6) is 2.30. The third-order valence-electron chi connectivity index (χ3n) is 2.83. The van der Waals surface area contributed by atoms with Gasteiger partial charge in [-0.05, 0) is 34.1 Å². The minimum absolute atomic E-state index is 0.118. The molecule has 21 heavy (non-hydrogen) atoms. The predicted molar refractivity (Wildman–Crippen MR) is 91.7 cm³/mol. The number of hydrogen-bond donors (Lipinski definition) is 3. The molecule has 1 heterocycles. The summed E-state index contributed by atoms with van der Waals surface area (Å²) < 4.78 is 0.483. The summed E-state index contributed by atoms with van der Waals surface area (Å²) in [7, 11) is 0. The third kappa shape index (κ3) is 5.12. The molecule has 1 fully saturated rings. The minimum Gasteiger partial charge on any atom is -0.478 e. The maximum absolute atomic E-state index is 11.8. The zero-order valence-electron chi connectivity index (χ0n) is 11.1. The van der Waals surface area contributed by atoms with Crippen molar-refractivity contribution in [3.8, 4) is 0 Å². The number of anilines is 1. The van der Waals surface area contributed by atoms with E-state index in [9.17, 15) is 9.59 Å². The molecule has 0 spiro atoms. The Balaban J connectivity index is 1.87. The molecule has 1 aromatic carbocycles. The maximum atomic E-state index is 11.8. The van der Waals surface area contributed by atoms with Gasteiger partial charge in [0, 0.05) is 39.2 Å². The normalized spacial score (nSPS) is 18.0. The number of hydrogen-bond acceptors (Lipinski definition) is 4. The van der Waals surface area contributed by atoms with Gasteiger partial charge in [0.1, 0.15) is 0 Å². The van der Waals surface area contributed by atoms with E-state index in [1.807, 2.05) is 23.5 Å². The van der Waals surface area contributed by atoms with Crippen molar-refractivity contribution in [1.29, 1.82) is 0 Å². The Labute approximate surface area is 139 Å². The standard InChI is InChI=1S/C13H15BrN2O3S2/c14-11-2-1-8(5-10(11)12(17)18)16-13(19)15-6-9-7-20-3-4-21-9/h1-2,5,9H,3-4,6-7H2,(H,17,18)(H2,15,16,19). The molecule has 0 aliphatic carbocycles. The average molecular weight is 391 g/mol. The highest BCUT2D eigenvalue weighted by Gasteiger charge is 2.15. The van der Waals surface area contributed by atoms with Gasteiger partial charge in [-0.25, -0.2) is 9.59 Å². The van der Waals surface area contributed by atoms with Gasteiger partial charge in [0.05, 0.1) is 5.56 Å². The SMILES string of the molecule is O=C(NCC1CSCCS1)Nc1ccc(Br)c(C(=O)O)c1. The Morgan fingerprint density at radius 3 is 2.86 bits per heavy atom. The quantitative estimate of drug-likeness (QED) is 0.735. The van der Waals surface area contributed by atoms with E-state index in [0.29, 0.717) is 22.0 Å². The second kappa shape index (κ2) is 7.95. The van der Waals surface area contributed by atoms with Gasteiger partial charge in [0.2, 0.25) is 0 Å². The van der Waals surface area contributed by atoms with Crippen LogP contribution in [0.3, 0.4) is 0 Å². The van der Waals surface area contributed by atoms with Crippen LogP contribution >= 0.6 is 39.5 Å². The monoisotopic (exact) mass is 390 g/mol. The van der Waals surface area contributed by atoms with Crippen molar-refractivity contribution in [2.45, 2.75) is 5.25 Å². The Bertz CT molecular complexity index is 536. The van der Waals surface area contributed by atoms with Crippen LogP contribution in [0.25, 0.3) is 0 Å². The number of urea groups is 1. The molecule has 2 rings (SSSR count). The van der Waals surface area contributed by atoms with E-state index in [1.54, 1.807) is 12.1 Å². The van der Waals surface area contributed by atoms with Crippen molar-refractivity contribution in [3.63, 3.8) is 0 Å².